The second kappa shape index (κ2) is 5.27. The molecule has 1 aliphatic rings. The van der Waals surface area contributed by atoms with Crippen molar-refractivity contribution in [3.8, 4) is 0 Å². The van der Waals surface area contributed by atoms with E-state index >= 15 is 0 Å². The van der Waals surface area contributed by atoms with Crippen molar-refractivity contribution >= 4 is 33.4 Å². The third-order valence-electron chi connectivity index (χ3n) is 2.48. The van der Waals surface area contributed by atoms with E-state index in [4.69, 9.17) is 5.14 Å². The molecule has 98 valence electrons. The van der Waals surface area contributed by atoms with Crippen molar-refractivity contribution in [2.24, 2.45) is 5.14 Å². The van der Waals surface area contributed by atoms with E-state index in [1.165, 1.54) is 24.3 Å². The number of nitrogens with one attached hydrogen (secondary N) is 2. The van der Waals surface area contributed by atoms with Crippen LogP contribution < -0.4 is 15.8 Å². The summed E-state index contributed by atoms with van der Waals surface area (Å²) in [5.41, 5.74) is 0.547. The van der Waals surface area contributed by atoms with Crippen LogP contribution in [0.4, 0.5) is 5.69 Å². The maximum atomic E-state index is 11.8. The van der Waals surface area contributed by atoms with Gasteiger partial charge in [0.15, 0.2) is 0 Å². The van der Waals surface area contributed by atoms with Crippen LogP contribution in [-0.4, -0.2) is 32.0 Å². The fourth-order valence-corrected chi connectivity index (χ4v) is 2.98. The maximum absolute atomic E-state index is 11.8. The van der Waals surface area contributed by atoms with E-state index in [-0.39, 0.29) is 16.8 Å². The number of rotatable bonds is 3. The van der Waals surface area contributed by atoms with E-state index in [9.17, 15) is 13.2 Å². The number of amides is 1. The summed E-state index contributed by atoms with van der Waals surface area (Å²) in [4.78, 5) is 11.8. The van der Waals surface area contributed by atoms with Crippen molar-refractivity contribution in [1.29, 1.82) is 0 Å². The van der Waals surface area contributed by atoms with Crippen molar-refractivity contribution in [1.82, 2.24) is 5.32 Å². The van der Waals surface area contributed by atoms with Gasteiger partial charge in [-0.2, -0.15) is 0 Å². The molecule has 0 saturated carbocycles. The lowest BCUT2D eigenvalue weighted by Gasteiger charge is -2.10. The number of thioether (sulfide) groups is 1. The van der Waals surface area contributed by atoms with Crippen molar-refractivity contribution in [3.05, 3.63) is 24.3 Å². The molecule has 1 atom stereocenters. The monoisotopic (exact) mass is 287 g/mol. The van der Waals surface area contributed by atoms with Crippen LogP contribution in [0.2, 0.25) is 0 Å². The fourth-order valence-electron chi connectivity index (χ4n) is 1.52. The number of hydrogen-bond donors (Lipinski definition) is 3. The first kappa shape index (κ1) is 13.3. The van der Waals surface area contributed by atoms with Crippen molar-refractivity contribution < 1.29 is 13.2 Å². The summed E-state index contributed by atoms with van der Waals surface area (Å²) in [5.74, 6) is 1.38. The molecule has 0 spiro atoms. The van der Waals surface area contributed by atoms with Gasteiger partial charge in [-0.3, -0.25) is 10.1 Å². The molecule has 8 heteroatoms. The number of nitrogens with two attached hydrogens (primary N) is 1. The molecule has 1 saturated heterocycles. The number of carbonyl (C=O) groups excluding carboxylic acids is 1. The van der Waals surface area contributed by atoms with Crippen LogP contribution >= 0.6 is 11.8 Å². The van der Waals surface area contributed by atoms with Crippen molar-refractivity contribution in [3.63, 3.8) is 0 Å². The number of sulfonamides is 1. The Morgan fingerprint density at radius 1 is 1.39 bits per heavy atom. The molecular weight excluding hydrogens is 274 g/mol. The van der Waals surface area contributed by atoms with E-state index in [2.05, 4.69) is 10.6 Å². The Morgan fingerprint density at radius 2 is 2.06 bits per heavy atom. The lowest BCUT2D eigenvalue weighted by Crippen LogP contribution is -2.37. The zero-order valence-electron chi connectivity index (χ0n) is 9.42. The van der Waals surface area contributed by atoms with Crippen LogP contribution in [0, 0.1) is 0 Å². The molecule has 0 bridgehead atoms. The van der Waals surface area contributed by atoms with Crippen LogP contribution in [0.3, 0.4) is 0 Å². The molecule has 1 aliphatic heterocycles. The second-order valence-electron chi connectivity index (χ2n) is 3.83. The molecule has 1 amide bonds. The van der Waals surface area contributed by atoms with Crippen LogP contribution in [0.1, 0.15) is 0 Å². The lowest BCUT2D eigenvalue weighted by molar-refractivity contribution is -0.117. The highest BCUT2D eigenvalue weighted by molar-refractivity contribution is 7.99. The number of carbonyl (C=O) groups is 1. The highest BCUT2D eigenvalue weighted by atomic mass is 32.2. The smallest absolute Gasteiger partial charge is 0.242 e. The van der Waals surface area contributed by atoms with Crippen LogP contribution in [0.5, 0.6) is 0 Å². The van der Waals surface area contributed by atoms with Gasteiger partial charge in [-0.1, -0.05) is 0 Å². The standard InChI is InChI=1S/C10H13N3O3S2/c11-18(15,16)8-3-1-7(2-4-8)13-10(14)9-5-17-6-12-9/h1-4,9,12H,5-6H2,(H,13,14)(H2,11,15,16). The van der Waals surface area contributed by atoms with Crippen molar-refractivity contribution in [2.45, 2.75) is 10.9 Å². The number of hydrogen-bond acceptors (Lipinski definition) is 5. The zero-order valence-corrected chi connectivity index (χ0v) is 11.1. The molecule has 1 aromatic carbocycles. The Bertz CT molecular complexity index is 536. The molecule has 1 fully saturated rings. The van der Waals surface area contributed by atoms with Gasteiger partial charge in [-0.05, 0) is 24.3 Å². The molecule has 0 aromatic heterocycles. The molecule has 18 heavy (non-hydrogen) atoms. The summed E-state index contributed by atoms with van der Waals surface area (Å²) in [6.45, 7) is 0. The molecule has 4 N–H and O–H groups in total. The van der Waals surface area contributed by atoms with Crippen LogP contribution in [0.25, 0.3) is 0 Å². The van der Waals surface area contributed by atoms with Gasteiger partial charge in [0.05, 0.1) is 10.9 Å². The maximum Gasteiger partial charge on any atom is 0.242 e. The minimum atomic E-state index is -3.69. The molecule has 1 aromatic rings. The molecular formula is C10H13N3O3S2. The Balaban J connectivity index is 2.04. The van der Waals surface area contributed by atoms with Crippen LogP contribution in [-0.2, 0) is 14.8 Å². The Morgan fingerprint density at radius 3 is 2.56 bits per heavy atom. The minimum absolute atomic E-state index is 0.0232. The number of benzene rings is 1. The first-order valence-electron chi connectivity index (χ1n) is 5.22. The molecule has 6 nitrogen and oxygen atoms in total. The average Bonchev–Trinajstić information content (AvgIpc) is 2.82. The highest BCUT2D eigenvalue weighted by Gasteiger charge is 2.22. The largest absolute Gasteiger partial charge is 0.325 e. The lowest BCUT2D eigenvalue weighted by atomic mass is 10.2. The van der Waals surface area contributed by atoms with Crippen LogP contribution in [0.15, 0.2) is 29.2 Å². The average molecular weight is 287 g/mol. The van der Waals surface area contributed by atoms with Gasteiger partial charge in [-0.25, -0.2) is 13.6 Å². The Kier molecular flexibility index (Phi) is 3.91. The predicted octanol–water partition coefficient (Wildman–Crippen LogP) is -0.0650. The number of primary sulfonamides is 1. The van der Waals surface area contributed by atoms with Crippen molar-refractivity contribution in [2.75, 3.05) is 16.9 Å². The Hall–Kier alpha value is -1.09. The van der Waals surface area contributed by atoms with E-state index in [1.807, 2.05) is 0 Å². The Labute approximate surface area is 109 Å². The van der Waals surface area contributed by atoms with E-state index in [1.54, 1.807) is 11.8 Å². The SMILES string of the molecule is NS(=O)(=O)c1ccc(NC(=O)C2CSCN2)cc1. The molecule has 0 aliphatic carbocycles. The molecule has 0 radical (unpaired) electrons. The quantitative estimate of drug-likeness (QED) is 0.722. The summed E-state index contributed by atoms with van der Waals surface area (Å²) in [5, 5.41) is 10.7. The first-order valence-corrected chi connectivity index (χ1v) is 7.92. The van der Waals surface area contributed by atoms with Gasteiger partial charge in [0.25, 0.3) is 0 Å². The van der Waals surface area contributed by atoms with Gasteiger partial charge in [-0.15, -0.1) is 11.8 Å². The number of anilines is 1. The summed E-state index contributed by atoms with van der Waals surface area (Å²) in [6.07, 6.45) is 0. The summed E-state index contributed by atoms with van der Waals surface area (Å²) >= 11 is 1.66. The van der Waals surface area contributed by atoms with Gasteiger partial charge in [0, 0.05) is 17.3 Å². The molecule has 2 rings (SSSR count). The molecule has 1 heterocycles. The van der Waals surface area contributed by atoms with Gasteiger partial charge >= 0.3 is 0 Å². The summed E-state index contributed by atoms with van der Waals surface area (Å²) in [6, 6.07) is 5.55. The first-order chi connectivity index (χ1) is 8.47. The second-order valence-corrected chi connectivity index (χ2v) is 6.42. The van der Waals surface area contributed by atoms with Gasteiger partial charge in [0.1, 0.15) is 0 Å². The highest BCUT2D eigenvalue weighted by Crippen LogP contribution is 2.15. The summed E-state index contributed by atoms with van der Waals surface area (Å²) < 4.78 is 22.1. The zero-order chi connectivity index (χ0) is 13.2. The van der Waals surface area contributed by atoms with E-state index in [0.29, 0.717) is 5.69 Å². The van der Waals surface area contributed by atoms with Gasteiger partial charge in [0.2, 0.25) is 15.9 Å². The third-order valence-corrected chi connectivity index (χ3v) is 4.35. The third kappa shape index (κ3) is 3.22. The minimum Gasteiger partial charge on any atom is -0.325 e. The summed E-state index contributed by atoms with van der Waals surface area (Å²) in [7, 11) is -3.69. The van der Waals surface area contributed by atoms with Gasteiger partial charge < -0.3 is 5.32 Å². The fraction of sp³-hybridized carbons (Fsp3) is 0.300. The topological polar surface area (TPSA) is 101 Å². The van der Waals surface area contributed by atoms with E-state index in [0.717, 1.165) is 11.6 Å². The van der Waals surface area contributed by atoms with E-state index < -0.39 is 10.0 Å². The molecule has 1 unspecified atom stereocenters. The predicted molar refractivity (Wildman–Crippen MR) is 70.7 cm³/mol. The normalized spacial score (nSPS) is 19.7.